The van der Waals surface area contributed by atoms with Crippen molar-refractivity contribution in [2.75, 3.05) is 0 Å². The van der Waals surface area contributed by atoms with Crippen LogP contribution in [0.25, 0.3) is 0 Å². The van der Waals surface area contributed by atoms with Gasteiger partial charge >= 0.3 is 5.97 Å². The van der Waals surface area contributed by atoms with Crippen LogP contribution in [0.15, 0.2) is 24.3 Å². The Morgan fingerprint density at radius 1 is 1.50 bits per heavy atom. The summed E-state index contributed by atoms with van der Waals surface area (Å²) in [5.74, 6) is -0.165. The van der Waals surface area contributed by atoms with Crippen molar-refractivity contribution in [3.63, 3.8) is 0 Å². The van der Waals surface area contributed by atoms with Gasteiger partial charge in [-0.1, -0.05) is 12.1 Å². The molecule has 0 bridgehead atoms. The molecule has 0 heterocycles. The predicted octanol–water partition coefficient (Wildman–Crippen LogP) is 2.79. The lowest BCUT2D eigenvalue weighted by Crippen LogP contribution is -2.13. The second-order valence-electron chi connectivity index (χ2n) is 3.35. The zero-order valence-electron chi connectivity index (χ0n) is 8.29. The number of ether oxygens (including phenoxy) is 1. The molecular weight excluding hydrogens is 291 g/mol. The highest BCUT2D eigenvalue weighted by molar-refractivity contribution is 14.1. The van der Waals surface area contributed by atoms with Crippen LogP contribution in [0.3, 0.4) is 0 Å². The molecule has 1 aromatic rings. The topological polar surface area (TPSA) is 26.3 Å². The van der Waals surface area contributed by atoms with Gasteiger partial charge in [0.05, 0.1) is 12.5 Å². The van der Waals surface area contributed by atoms with E-state index in [1.54, 1.807) is 0 Å². The van der Waals surface area contributed by atoms with Crippen molar-refractivity contribution in [3.8, 4) is 0 Å². The van der Waals surface area contributed by atoms with Crippen molar-refractivity contribution < 1.29 is 9.53 Å². The predicted molar refractivity (Wildman–Crippen MR) is 64.1 cm³/mol. The summed E-state index contributed by atoms with van der Waals surface area (Å²) in [5, 5.41) is 0. The Balaban J connectivity index is 2.56. The summed E-state index contributed by atoms with van der Waals surface area (Å²) in [6.07, 6.45) is 0.319. The Labute approximate surface area is 97.8 Å². The summed E-state index contributed by atoms with van der Waals surface area (Å²) in [7, 11) is 0. The SMILES string of the molecule is CC(C)OC(=O)Cc1cccc(I)c1. The van der Waals surface area contributed by atoms with Gasteiger partial charge < -0.3 is 4.74 Å². The largest absolute Gasteiger partial charge is 0.463 e. The second-order valence-corrected chi connectivity index (χ2v) is 4.59. The first kappa shape index (κ1) is 11.5. The van der Waals surface area contributed by atoms with E-state index in [1.165, 1.54) is 0 Å². The van der Waals surface area contributed by atoms with E-state index < -0.39 is 0 Å². The molecule has 0 aliphatic carbocycles. The number of hydrogen-bond donors (Lipinski definition) is 0. The molecule has 0 fully saturated rings. The maximum absolute atomic E-state index is 11.3. The minimum Gasteiger partial charge on any atom is -0.463 e. The van der Waals surface area contributed by atoms with E-state index in [4.69, 9.17) is 4.74 Å². The molecule has 0 atom stereocenters. The van der Waals surface area contributed by atoms with Gasteiger partial charge in [-0.3, -0.25) is 4.79 Å². The maximum atomic E-state index is 11.3. The zero-order valence-corrected chi connectivity index (χ0v) is 10.4. The lowest BCUT2D eigenvalue weighted by Gasteiger charge is -2.07. The molecule has 0 radical (unpaired) electrons. The van der Waals surface area contributed by atoms with Gasteiger partial charge in [0.2, 0.25) is 0 Å². The van der Waals surface area contributed by atoms with Crippen LogP contribution in [0.2, 0.25) is 0 Å². The smallest absolute Gasteiger partial charge is 0.310 e. The molecular formula is C11H13IO2. The molecule has 0 N–H and O–H groups in total. The highest BCUT2D eigenvalue weighted by Gasteiger charge is 2.06. The summed E-state index contributed by atoms with van der Waals surface area (Å²) >= 11 is 2.23. The normalized spacial score (nSPS) is 10.3. The van der Waals surface area contributed by atoms with Gasteiger partial charge in [-0.2, -0.15) is 0 Å². The van der Waals surface area contributed by atoms with Crippen molar-refractivity contribution in [2.24, 2.45) is 0 Å². The first-order valence-electron chi connectivity index (χ1n) is 4.52. The van der Waals surface area contributed by atoms with Crippen LogP contribution in [-0.4, -0.2) is 12.1 Å². The van der Waals surface area contributed by atoms with Crippen molar-refractivity contribution in [1.29, 1.82) is 0 Å². The van der Waals surface area contributed by atoms with Gasteiger partial charge in [-0.05, 0) is 54.1 Å². The number of hydrogen-bond acceptors (Lipinski definition) is 2. The number of benzene rings is 1. The average molecular weight is 304 g/mol. The molecule has 0 saturated carbocycles. The number of carbonyl (C=O) groups is 1. The lowest BCUT2D eigenvalue weighted by molar-refractivity contribution is -0.146. The Morgan fingerprint density at radius 3 is 2.79 bits per heavy atom. The van der Waals surface area contributed by atoms with Crippen LogP contribution in [0.4, 0.5) is 0 Å². The van der Waals surface area contributed by atoms with Gasteiger partial charge in [-0.25, -0.2) is 0 Å². The van der Waals surface area contributed by atoms with E-state index in [9.17, 15) is 4.79 Å². The van der Waals surface area contributed by atoms with Crippen molar-refractivity contribution >= 4 is 28.6 Å². The second kappa shape index (κ2) is 5.34. The van der Waals surface area contributed by atoms with E-state index in [0.717, 1.165) is 9.13 Å². The molecule has 14 heavy (non-hydrogen) atoms. The number of carbonyl (C=O) groups excluding carboxylic acids is 1. The Morgan fingerprint density at radius 2 is 2.21 bits per heavy atom. The van der Waals surface area contributed by atoms with Crippen LogP contribution in [0.5, 0.6) is 0 Å². The summed E-state index contributed by atoms with van der Waals surface area (Å²) in [4.78, 5) is 11.3. The third-order valence-corrected chi connectivity index (χ3v) is 2.28. The van der Waals surface area contributed by atoms with E-state index >= 15 is 0 Å². The van der Waals surface area contributed by atoms with Gasteiger partial charge in [0.15, 0.2) is 0 Å². The molecule has 0 saturated heterocycles. The van der Waals surface area contributed by atoms with Crippen LogP contribution < -0.4 is 0 Å². The van der Waals surface area contributed by atoms with Gasteiger partial charge in [0.1, 0.15) is 0 Å². The van der Waals surface area contributed by atoms with E-state index in [2.05, 4.69) is 22.6 Å². The standard InChI is InChI=1S/C11H13IO2/c1-8(2)14-11(13)7-9-4-3-5-10(12)6-9/h3-6,8H,7H2,1-2H3. The number of rotatable bonds is 3. The van der Waals surface area contributed by atoms with Crippen molar-refractivity contribution in [2.45, 2.75) is 26.4 Å². The van der Waals surface area contributed by atoms with Crippen molar-refractivity contribution in [1.82, 2.24) is 0 Å². The minimum absolute atomic E-state index is 0.0368. The van der Waals surface area contributed by atoms with Crippen LogP contribution in [0.1, 0.15) is 19.4 Å². The van der Waals surface area contributed by atoms with E-state index in [-0.39, 0.29) is 12.1 Å². The van der Waals surface area contributed by atoms with Crippen LogP contribution in [0, 0.1) is 3.57 Å². The Bertz CT molecular complexity index is 321. The first-order valence-corrected chi connectivity index (χ1v) is 5.59. The van der Waals surface area contributed by atoms with E-state index in [1.807, 2.05) is 38.1 Å². The van der Waals surface area contributed by atoms with Gasteiger partial charge in [0, 0.05) is 3.57 Å². The highest BCUT2D eigenvalue weighted by atomic mass is 127. The molecule has 0 unspecified atom stereocenters. The van der Waals surface area contributed by atoms with Crippen LogP contribution in [-0.2, 0) is 16.0 Å². The summed E-state index contributed by atoms with van der Waals surface area (Å²) in [6.45, 7) is 3.71. The summed E-state index contributed by atoms with van der Waals surface area (Å²) in [5.41, 5.74) is 1.00. The molecule has 3 heteroatoms. The summed E-state index contributed by atoms with van der Waals surface area (Å²) in [6, 6.07) is 7.86. The molecule has 0 aliphatic heterocycles. The maximum Gasteiger partial charge on any atom is 0.310 e. The first-order chi connectivity index (χ1) is 6.58. The Kier molecular flexibility index (Phi) is 4.38. The third-order valence-electron chi connectivity index (χ3n) is 1.60. The minimum atomic E-state index is -0.165. The number of esters is 1. The molecule has 1 rings (SSSR count). The molecule has 0 aliphatic rings. The average Bonchev–Trinajstić information content (AvgIpc) is 2.01. The molecule has 1 aromatic carbocycles. The third kappa shape index (κ3) is 4.09. The van der Waals surface area contributed by atoms with Crippen LogP contribution >= 0.6 is 22.6 Å². The fraction of sp³-hybridized carbons (Fsp3) is 0.364. The van der Waals surface area contributed by atoms with E-state index in [0.29, 0.717) is 6.42 Å². The highest BCUT2D eigenvalue weighted by Crippen LogP contribution is 2.09. The van der Waals surface area contributed by atoms with Crippen molar-refractivity contribution in [3.05, 3.63) is 33.4 Å². The zero-order chi connectivity index (χ0) is 10.6. The number of halogens is 1. The van der Waals surface area contributed by atoms with Gasteiger partial charge in [-0.15, -0.1) is 0 Å². The molecule has 76 valence electrons. The fourth-order valence-corrected chi connectivity index (χ4v) is 1.73. The monoisotopic (exact) mass is 304 g/mol. The molecule has 0 aromatic heterocycles. The molecule has 0 amide bonds. The molecule has 2 nitrogen and oxygen atoms in total. The summed E-state index contributed by atoms with van der Waals surface area (Å²) < 4.78 is 6.19. The van der Waals surface area contributed by atoms with Gasteiger partial charge in [0.25, 0.3) is 0 Å². The molecule has 0 spiro atoms. The quantitative estimate of drug-likeness (QED) is 0.634. The Hall–Kier alpha value is -0.580. The lowest BCUT2D eigenvalue weighted by atomic mass is 10.1. The fourth-order valence-electron chi connectivity index (χ4n) is 1.12.